The number of aryl methyl sites for hydroxylation is 2. The van der Waals surface area contributed by atoms with Gasteiger partial charge in [0.25, 0.3) is 0 Å². The van der Waals surface area contributed by atoms with Gasteiger partial charge >= 0.3 is 0 Å². The molecule has 2 atom stereocenters. The number of rotatable bonds is 4. The average molecular weight is 518 g/mol. The van der Waals surface area contributed by atoms with Gasteiger partial charge in [-0.2, -0.15) is 5.26 Å². The molecule has 154 valence electrons. The lowest BCUT2D eigenvalue weighted by Crippen LogP contribution is -2.04. The number of aromatic amines is 2. The van der Waals surface area contributed by atoms with Crippen LogP contribution in [0, 0.1) is 18.3 Å². The summed E-state index contributed by atoms with van der Waals surface area (Å²) in [5.74, 6) is 1.30. The first-order valence-corrected chi connectivity index (χ1v) is 11.9. The van der Waals surface area contributed by atoms with Crippen molar-refractivity contribution in [2.45, 2.75) is 36.5 Å². The highest BCUT2D eigenvalue weighted by Gasteiger charge is 2.25. The van der Waals surface area contributed by atoms with Crippen molar-refractivity contribution < 1.29 is 0 Å². The normalized spacial score (nSPS) is 16.8. The molecule has 4 nitrogen and oxygen atoms in total. The first-order chi connectivity index (χ1) is 15.1. The summed E-state index contributed by atoms with van der Waals surface area (Å²) in [7, 11) is 0. The van der Waals surface area contributed by atoms with E-state index in [4.69, 9.17) is 4.98 Å². The van der Waals surface area contributed by atoms with Crippen LogP contribution in [0.15, 0.2) is 54.8 Å². The van der Waals surface area contributed by atoms with Gasteiger partial charge in [0.15, 0.2) is 0 Å². The van der Waals surface area contributed by atoms with Crippen LogP contribution in [0.3, 0.4) is 0 Å². The van der Waals surface area contributed by atoms with Crippen LogP contribution in [0.4, 0.5) is 0 Å². The Bertz CT molecular complexity index is 1400. The maximum atomic E-state index is 9.23. The molecule has 0 saturated heterocycles. The molecule has 2 heterocycles. The van der Waals surface area contributed by atoms with Gasteiger partial charge in [0.05, 0.1) is 26.6 Å². The molecule has 5 rings (SSSR count). The van der Waals surface area contributed by atoms with Crippen molar-refractivity contribution in [3.05, 3.63) is 88.4 Å². The van der Waals surface area contributed by atoms with Crippen LogP contribution < -0.4 is 0 Å². The van der Waals surface area contributed by atoms with Crippen molar-refractivity contribution in [2.75, 3.05) is 0 Å². The largest absolute Gasteiger partial charge is 0.361 e. The Morgan fingerprint density at radius 2 is 2.16 bits per heavy atom. The molecular formula is C26H23IN4. The average Bonchev–Trinajstić information content (AvgIpc) is 3.43. The number of aromatic nitrogens is 3. The van der Waals surface area contributed by atoms with Gasteiger partial charge in [-0.25, -0.2) is 4.98 Å². The van der Waals surface area contributed by atoms with Gasteiger partial charge in [-0.15, -0.1) is 0 Å². The Labute approximate surface area is 195 Å². The summed E-state index contributed by atoms with van der Waals surface area (Å²) >= 11 is 2.52. The summed E-state index contributed by atoms with van der Waals surface area (Å²) in [4.78, 5) is 11.9. The standard InChI is InChI=1S/C26H23IN4/c1-3-17-11-15(2)25-23(19(14-29-25)18-7-5-4-6-8-18)22(17)24(27)26-30-20-10-9-16(13-28)12-21(20)31-26/h4-7,9-12,14,18,24,29H,3,8H2,1-2H3,(H,30,31). The van der Waals surface area contributed by atoms with Gasteiger partial charge in [-0.05, 0) is 60.2 Å². The highest BCUT2D eigenvalue weighted by molar-refractivity contribution is 14.1. The minimum absolute atomic E-state index is 0.0752. The molecule has 0 saturated carbocycles. The molecule has 2 aromatic heterocycles. The molecule has 0 amide bonds. The van der Waals surface area contributed by atoms with E-state index in [0.717, 1.165) is 29.7 Å². The van der Waals surface area contributed by atoms with Crippen LogP contribution in [0.1, 0.15) is 56.8 Å². The minimum atomic E-state index is 0.0752. The van der Waals surface area contributed by atoms with Gasteiger partial charge in [-0.1, -0.05) is 59.9 Å². The number of fused-ring (bicyclic) bond motifs is 2. The zero-order valence-electron chi connectivity index (χ0n) is 17.5. The predicted octanol–water partition coefficient (Wildman–Crippen LogP) is 6.91. The number of halogens is 1. The molecule has 2 unspecified atom stereocenters. The number of nitrogens with one attached hydrogen (secondary N) is 2. The molecule has 4 aromatic rings. The van der Waals surface area contributed by atoms with Gasteiger partial charge < -0.3 is 9.97 Å². The van der Waals surface area contributed by atoms with E-state index >= 15 is 0 Å². The van der Waals surface area contributed by atoms with Crippen molar-refractivity contribution in [2.24, 2.45) is 0 Å². The van der Waals surface area contributed by atoms with Crippen LogP contribution in [0.2, 0.25) is 0 Å². The van der Waals surface area contributed by atoms with Crippen molar-refractivity contribution in [3.63, 3.8) is 0 Å². The second-order valence-electron chi connectivity index (χ2n) is 8.10. The highest BCUT2D eigenvalue weighted by atomic mass is 127. The quantitative estimate of drug-likeness (QED) is 0.228. The van der Waals surface area contributed by atoms with Crippen molar-refractivity contribution in [3.8, 4) is 6.07 Å². The van der Waals surface area contributed by atoms with Crippen LogP contribution >= 0.6 is 22.6 Å². The predicted molar refractivity (Wildman–Crippen MR) is 135 cm³/mol. The lowest BCUT2D eigenvalue weighted by Gasteiger charge is -2.20. The van der Waals surface area contributed by atoms with E-state index in [9.17, 15) is 5.26 Å². The molecule has 31 heavy (non-hydrogen) atoms. The zero-order chi connectivity index (χ0) is 21.5. The lowest BCUT2D eigenvalue weighted by atomic mass is 9.87. The molecule has 0 aliphatic heterocycles. The van der Waals surface area contributed by atoms with Crippen LogP contribution in [0.5, 0.6) is 0 Å². The van der Waals surface area contributed by atoms with E-state index < -0.39 is 0 Å². The number of nitriles is 1. The topological polar surface area (TPSA) is 68.3 Å². The van der Waals surface area contributed by atoms with E-state index in [1.54, 1.807) is 0 Å². The van der Waals surface area contributed by atoms with Crippen molar-refractivity contribution in [1.29, 1.82) is 5.26 Å². The molecule has 2 aromatic carbocycles. The fourth-order valence-electron chi connectivity index (χ4n) is 4.65. The SMILES string of the molecule is CCc1cc(C)c2[nH]cc(C3C=CC=CC3)c2c1C(I)c1nc2cc(C#N)ccc2[nH]1. The van der Waals surface area contributed by atoms with Gasteiger partial charge in [0.1, 0.15) is 5.82 Å². The Kier molecular flexibility index (Phi) is 5.19. The Morgan fingerprint density at radius 1 is 1.29 bits per heavy atom. The minimum Gasteiger partial charge on any atom is -0.361 e. The van der Waals surface area contributed by atoms with E-state index in [-0.39, 0.29) is 3.92 Å². The van der Waals surface area contributed by atoms with E-state index in [1.807, 2.05) is 18.2 Å². The molecule has 5 heteroatoms. The molecule has 0 fully saturated rings. The third kappa shape index (κ3) is 3.39. The van der Waals surface area contributed by atoms with Crippen molar-refractivity contribution in [1.82, 2.24) is 15.0 Å². The molecule has 0 bridgehead atoms. The smallest absolute Gasteiger partial charge is 0.124 e. The number of imidazole rings is 1. The molecule has 1 aliphatic carbocycles. The number of allylic oxidation sites excluding steroid dienone is 4. The summed E-state index contributed by atoms with van der Waals surface area (Å²) in [6, 6.07) is 10.2. The van der Waals surface area contributed by atoms with E-state index in [2.05, 4.69) is 89.0 Å². The van der Waals surface area contributed by atoms with Gasteiger partial charge in [0.2, 0.25) is 0 Å². The van der Waals surface area contributed by atoms with Crippen LogP contribution in [-0.2, 0) is 6.42 Å². The second-order valence-corrected chi connectivity index (χ2v) is 9.34. The first kappa shape index (κ1) is 20.1. The third-order valence-electron chi connectivity index (χ3n) is 6.20. The Balaban J connectivity index is 1.72. The van der Waals surface area contributed by atoms with Crippen LogP contribution in [-0.4, -0.2) is 15.0 Å². The van der Waals surface area contributed by atoms with E-state index in [0.29, 0.717) is 11.5 Å². The number of hydrogen-bond acceptors (Lipinski definition) is 2. The summed E-state index contributed by atoms with van der Waals surface area (Å²) in [6.45, 7) is 4.41. The fraction of sp³-hybridized carbons (Fsp3) is 0.231. The first-order valence-electron chi connectivity index (χ1n) is 10.6. The highest BCUT2D eigenvalue weighted by Crippen LogP contribution is 2.43. The van der Waals surface area contributed by atoms with Crippen LogP contribution in [0.25, 0.3) is 21.9 Å². The summed E-state index contributed by atoms with van der Waals surface area (Å²) in [6.07, 6.45) is 13.0. The molecule has 2 N–H and O–H groups in total. The van der Waals surface area contributed by atoms with E-state index in [1.165, 1.54) is 33.2 Å². The van der Waals surface area contributed by atoms with Crippen molar-refractivity contribution >= 4 is 44.5 Å². The monoisotopic (exact) mass is 518 g/mol. The summed E-state index contributed by atoms with van der Waals surface area (Å²) in [5, 5.41) is 10.6. The molecular weight excluding hydrogens is 495 g/mol. The Hall–Kier alpha value is -2.85. The number of hydrogen-bond donors (Lipinski definition) is 2. The lowest BCUT2D eigenvalue weighted by molar-refractivity contribution is 0.859. The molecule has 0 radical (unpaired) electrons. The fourth-order valence-corrected chi connectivity index (χ4v) is 5.66. The molecule has 1 aliphatic rings. The number of alkyl halides is 1. The van der Waals surface area contributed by atoms with Gasteiger partial charge in [-0.3, -0.25) is 0 Å². The zero-order valence-corrected chi connectivity index (χ0v) is 19.7. The van der Waals surface area contributed by atoms with Gasteiger partial charge in [0, 0.05) is 23.0 Å². The summed E-state index contributed by atoms with van der Waals surface area (Å²) in [5.41, 5.74) is 8.99. The maximum Gasteiger partial charge on any atom is 0.124 e. The molecule has 0 spiro atoms. The number of H-pyrrole nitrogens is 2. The maximum absolute atomic E-state index is 9.23. The summed E-state index contributed by atoms with van der Waals surface area (Å²) < 4.78 is 0.0752. The number of nitrogens with zero attached hydrogens (tertiary/aromatic N) is 2. The second kappa shape index (κ2) is 8.01. The third-order valence-corrected chi connectivity index (χ3v) is 7.41. The Morgan fingerprint density at radius 3 is 2.90 bits per heavy atom. The number of benzene rings is 2.